The summed E-state index contributed by atoms with van der Waals surface area (Å²) in [5.74, 6) is 0. The Hall–Kier alpha value is -2.96. The number of aryl methyl sites for hydroxylation is 1. The number of carbonyl (C=O) groups is 1. The summed E-state index contributed by atoms with van der Waals surface area (Å²) >= 11 is 0. The molecule has 30 heavy (non-hydrogen) atoms. The van der Waals surface area contributed by atoms with Crippen LogP contribution in [0, 0.1) is 12.3 Å². The van der Waals surface area contributed by atoms with Crippen molar-refractivity contribution < 1.29 is 9.53 Å². The highest BCUT2D eigenvalue weighted by Gasteiger charge is 2.55. The minimum Gasteiger partial charge on any atom is -0.449 e. The van der Waals surface area contributed by atoms with E-state index in [1.54, 1.807) is 6.20 Å². The Morgan fingerprint density at radius 3 is 2.87 bits per heavy atom. The summed E-state index contributed by atoms with van der Waals surface area (Å²) in [7, 11) is 0. The van der Waals surface area contributed by atoms with Gasteiger partial charge in [-0.1, -0.05) is 19.4 Å². The highest BCUT2D eigenvalue weighted by molar-refractivity contribution is 5.83. The second-order valence-corrected chi connectivity index (χ2v) is 8.81. The highest BCUT2D eigenvalue weighted by atomic mass is 16.6. The van der Waals surface area contributed by atoms with Crippen molar-refractivity contribution in [2.24, 2.45) is 5.41 Å². The maximum absolute atomic E-state index is 12.1. The number of aromatic nitrogens is 4. The van der Waals surface area contributed by atoms with Crippen LogP contribution >= 0.6 is 0 Å². The number of carbonyl (C=O) groups excluding carboxylic acids is 1. The van der Waals surface area contributed by atoms with Gasteiger partial charge in [0.15, 0.2) is 0 Å². The molecule has 1 amide bonds. The van der Waals surface area contributed by atoms with Crippen molar-refractivity contribution in [2.75, 3.05) is 19.7 Å². The second-order valence-electron chi connectivity index (χ2n) is 8.81. The number of benzene rings is 1. The van der Waals surface area contributed by atoms with Crippen LogP contribution in [0.4, 0.5) is 4.79 Å². The molecule has 7 heteroatoms. The number of rotatable bonds is 5. The molecular weight excluding hydrogens is 378 g/mol. The molecule has 3 aromatic rings. The summed E-state index contributed by atoms with van der Waals surface area (Å²) in [6.07, 6.45) is 5.67. The summed E-state index contributed by atoms with van der Waals surface area (Å²) in [6, 6.07) is 10.7. The molecule has 0 N–H and O–H groups in total. The summed E-state index contributed by atoms with van der Waals surface area (Å²) in [5, 5.41) is 14.1. The molecule has 2 aliphatic rings. The molecule has 2 fully saturated rings. The van der Waals surface area contributed by atoms with Crippen LogP contribution in [0.15, 0.2) is 36.5 Å². The fourth-order valence-corrected chi connectivity index (χ4v) is 4.80. The molecule has 3 heterocycles. The van der Waals surface area contributed by atoms with Crippen molar-refractivity contribution in [3.8, 4) is 11.3 Å². The molecular formula is C23H27N5O2. The molecule has 1 aliphatic heterocycles. The van der Waals surface area contributed by atoms with Crippen LogP contribution < -0.4 is 0 Å². The van der Waals surface area contributed by atoms with Crippen LogP contribution in [0.2, 0.25) is 0 Å². The van der Waals surface area contributed by atoms with Crippen molar-refractivity contribution in [2.45, 2.75) is 45.6 Å². The number of fused-ring (bicyclic) bond motifs is 1. The average molecular weight is 406 g/mol. The first-order valence-electron chi connectivity index (χ1n) is 10.8. The molecule has 2 aromatic heterocycles. The predicted octanol–water partition coefficient (Wildman–Crippen LogP) is 4.38. The van der Waals surface area contributed by atoms with Gasteiger partial charge in [0.25, 0.3) is 0 Å². The average Bonchev–Trinajstić information content (AvgIpc) is 3.07. The van der Waals surface area contributed by atoms with Gasteiger partial charge in [-0.15, -0.1) is 0 Å². The zero-order valence-corrected chi connectivity index (χ0v) is 17.5. The Labute approximate surface area is 176 Å². The number of ether oxygens (including phenoxy) is 1. The molecule has 1 saturated heterocycles. The van der Waals surface area contributed by atoms with Crippen molar-refractivity contribution in [1.82, 2.24) is 24.9 Å². The van der Waals surface area contributed by atoms with Crippen LogP contribution in [0.25, 0.3) is 22.2 Å². The lowest BCUT2D eigenvalue weighted by Gasteiger charge is -2.58. The third-order valence-electron chi connectivity index (χ3n) is 6.45. The van der Waals surface area contributed by atoms with E-state index in [1.165, 1.54) is 5.69 Å². The first kappa shape index (κ1) is 19.0. The summed E-state index contributed by atoms with van der Waals surface area (Å²) in [5.41, 5.74) is 4.40. The lowest BCUT2D eigenvalue weighted by atomic mass is 9.61. The first-order valence-corrected chi connectivity index (χ1v) is 10.8. The smallest absolute Gasteiger partial charge is 0.409 e. The van der Waals surface area contributed by atoms with Crippen LogP contribution in [-0.2, 0) is 4.74 Å². The maximum atomic E-state index is 12.1. The standard InChI is InChI=1S/C23H27N5O2/c1-3-4-9-30-22(29)27-14-23(15-27)12-19(13-23)28-16(2)10-21(26-28)17-5-6-20-18(11-17)7-8-24-25-20/h5-8,10-11,19H,3-4,9,12-15H2,1-2H3. The summed E-state index contributed by atoms with van der Waals surface area (Å²) in [6.45, 7) is 6.36. The number of likely N-dealkylation sites (tertiary alicyclic amines) is 1. The molecule has 1 saturated carbocycles. The lowest BCUT2D eigenvalue weighted by molar-refractivity contribution is -0.0825. The van der Waals surface area contributed by atoms with Gasteiger partial charge in [-0.3, -0.25) is 4.68 Å². The fraction of sp³-hybridized carbons (Fsp3) is 0.478. The van der Waals surface area contributed by atoms with Crippen LogP contribution in [-0.4, -0.2) is 50.7 Å². The van der Waals surface area contributed by atoms with Gasteiger partial charge in [-0.05, 0) is 50.5 Å². The van der Waals surface area contributed by atoms with Gasteiger partial charge in [-0.25, -0.2) is 4.79 Å². The van der Waals surface area contributed by atoms with Gasteiger partial charge in [0.1, 0.15) is 0 Å². The lowest BCUT2D eigenvalue weighted by Crippen LogP contribution is -2.64. The van der Waals surface area contributed by atoms with E-state index >= 15 is 0 Å². The van der Waals surface area contributed by atoms with Gasteiger partial charge >= 0.3 is 6.09 Å². The van der Waals surface area contributed by atoms with Crippen molar-refractivity contribution in [3.05, 3.63) is 42.2 Å². The molecule has 7 nitrogen and oxygen atoms in total. The quantitative estimate of drug-likeness (QED) is 0.589. The monoisotopic (exact) mass is 405 g/mol. The molecule has 1 aliphatic carbocycles. The van der Waals surface area contributed by atoms with E-state index in [4.69, 9.17) is 9.84 Å². The summed E-state index contributed by atoms with van der Waals surface area (Å²) in [4.78, 5) is 13.9. The predicted molar refractivity (Wildman–Crippen MR) is 114 cm³/mol. The van der Waals surface area contributed by atoms with E-state index in [9.17, 15) is 4.79 Å². The first-order chi connectivity index (χ1) is 14.6. The summed E-state index contributed by atoms with van der Waals surface area (Å²) < 4.78 is 7.49. The van der Waals surface area contributed by atoms with E-state index in [0.717, 1.165) is 60.9 Å². The molecule has 1 aromatic carbocycles. The Morgan fingerprint density at radius 2 is 2.07 bits per heavy atom. The molecule has 0 radical (unpaired) electrons. The van der Waals surface area contributed by atoms with Crippen LogP contribution in [0.3, 0.4) is 0 Å². The molecule has 156 valence electrons. The van der Waals surface area contributed by atoms with Crippen molar-refractivity contribution in [3.63, 3.8) is 0 Å². The zero-order chi connectivity index (χ0) is 20.7. The van der Waals surface area contributed by atoms with E-state index in [0.29, 0.717) is 12.6 Å². The van der Waals surface area contributed by atoms with Gasteiger partial charge in [0.2, 0.25) is 0 Å². The van der Waals surface area contributed by atoms with Gasteiger partial charge in [0, 0.05) is 35.1 Å². The number of amides is 1. The Bertz CT molecular complexity index is 1080. The van der Waals surface area contributed by atoms with E-state index in [2.05, 4.69) is 46.9 Å². The maximum Gasteiger partial charge on any atom is 0.409 e. The molecule has 0 bridgehead atoms. The zero-order valence-electron chi connectivity index (χ0n) is 17.5. The highest BCUT2D eigenvalue weighted by Crippen LogP contribution is 2.54. The van der Waals surface area contributed by atoms with E-state index < -0.39 is 0 Å². The second kappa shape index (κ2) is 7.38. The third-order valence-corrected chi connectivity index (χ3v) is 6.45. The molecule has 0 unspecified atom stereocenters. The normalized spacial score (nSPS) is 17.7. The Balaban J connectivity index is 1.22. The number of unbranched alkanes of at least 4 members (excludes halogenated alkanes) is 1. The van der Waals surface area contributed by atoms with Crippen molar-refractivity contribution >= 4 is 17.0 Å². The topological polar surface area (TPSA) is 73.1 Å². The fourth-order valence-electron chi connectivity index (χ4n) is 4.80. The van der Waals surface area contributed by atoms with Crippen molar-refractivity contribution in [1.29, 1.82) is 0 Å². The largest absolute Gasteiger partial charge is 0.449 e. The third kappa shape index (κ3) is 3.32. The van der Waals surface area contributed by atoms with Gasteiger partial charge in [-0.2, -0.15) is 15.3 Å². The van der Waals surface area contributed by atoms with Crippen LogP contribution in [0.1, 0.15) is 44.3 Å². The Kier molecular flexibility index (Phi) is 4.68. The molecule has 1 spiro atoms. The molecule has 0 atom stereocenters. The number of hydrogen-bond donors (Lipinski definition) is 0. The van der Waals surface area contributed by atoms with E-state index in [1.807, 2.05) is 17.0 Å². The number of nitrogens with zero attached hydrogens (tertiary/aromatic N) is 5. The van der Waals surface area contributed by atoms with Gasteiger partial charge in [0.05, 0.1) is 30.1 Å². The van der Waals surface area contributed by atoms with Gasteiger partial charge < -0.3 is 9.64 Å². The van der Waals surface area contributed by atoms with E-state index in [-0.39, 0.29) is 11.5 Å². The minimum absolute atomic E-state index is 0.156. The minimum atomic E-state index is -0.156. The molecule has 5 rings (SSSR count). The van der Waals surface area contributed by atoms with Crippen LogP contribution in [0.5, 0.6) is 0 Å². The SMILES string of the molecule is CCCCOC(=O)N1CC2(CC(n3nc(-c4ccc5nnccc5c4)cc3C)C2)C1. The Morgan fingerprint density at radius 1 is 1.23 bits per heavy atom. The number of hydrogen-bond acceptors (Lipinski definition) is 5.